The van der Waals surface area contributed by atoms with Crippen LogP contribution in [-0.4, -0.2) is 103 Å². The molecule has 5 aliphatic rings. The smallest absolute Gasteiger partial charge is 0.262 e. The first kappa shape index (κ1) is 39.4. The van der Waals surface area contributed by atoms with Gasteiger partial charge in [0.15, 0.2) is 0 Å². The summed E-state index contributed by atoms with van der Waals surface area (Å²) in [5, 5.41) is 15.1. The van der Waals surface area contributed by atoms with Gasteiger partial charge in [-0.05, 0) is 73.4 Å². The number of hydrogen-bond acceptors (Lipinski definition) is 10. The van der Waals surface area contributed by atoms with E-state index in [0.29, 0.717) is 33.4 Å². The van der Waals surface area contributed by atoms with E-state index in [4.69, 9.17) is 16.3 Å². The lowest BCUT2D eigenvalue weighted by atomic mass is 9.49. The van der Waals surface area contributed by atoms with Gasteiger partial charge in [0.25, 0.3) is 17.7 Å². The number of nitriles is 1. The van der Waals surface area contributed by atoms with Crippen LogP contribution >= 0.6 is 11.6 Å². The summed E-state index contributed by atoms with van der Waals surface area (Å²) >= 11 is 6.25. The first-order chi connectivity index (χ1) is 27.6. The molecule has 1 aliphatic carbocycles. The van der Waals surface area contributed by atoms with Crippen LogP contribution in [0, 0.1) is 28.1 Å². The molecule has 14 heteroatoms. The Balaban J connectivity index is 0.809. The maximum Gasteiger partial charge on any atom is 0.262 e. The minimum absolute atomic E-state index is 0.0871. The van der Waals surface area contributed by atoms with Crippen LogP contribution in [0.2, 0.25) is 5.02 Å². The van der Waals surface area contributed by atoms with E-state index >= 15 is 0 Å². The van der Waals surface area contributed by atoms with Crippen molar-refractivity contribution in [3.8, 4) is 11.8 Å². The van der Waals surface area contributed by atoms with Crippen molar-refractivity contribution < 1.29 is 28.7 Å². The Hall–Kier alpha value is -5.45. The quantitative estimate of drug-likeness (QED) is 0.286. The number of fused-ring (bicyclic) bond motifs is 1. The van der Waals surface area contributed by atoms with Crippen molar-refractivity contribution in [3.63, 3.8) is 0 Å². The number of benzene rings is 3. The highest BCUT2D eigenvalue weighted by molar-refractivity contribution is 6.31. The zero-order valence-corrected chi connectivity index (χ0v) is 34.0. The summed E-state index contributed by atoms with van der Waals surface area (Å²) in [5.41, 5.74) is 2.85. The van der Waals surface area contributed by atoms with Gasteiger partial charge >= 0.3 is 0 Å². The minimum atomic E-state index is -0.979. The largest absolute Gasteiger partial charge is 0.489 e. The number of amides is 5. The van der Waals surface area contributed by atoms with E-state index in [1.807, 2.05) is 30.3 Å². The molecular weight excluding hydrogens is 758 g/mol. The molecule has 2 N–H and O–H groups in total. The van der Waals surface area contributed by atoms with E-state index < -0.39 is 29.7 Å². The molecule has 4 heterocycles. The standard InChI is InChI=1S/C44H48ClN7O6/c1-43(2)41(44(3,4)42(43)58-31-11-7-28(23-46)34(45)22-31)48-37(54)27-5-8-29(9-6-27)51-16-15-26(25-51)24-49-17-19-50(20-18-49)30-10-12-32-33(21-30)40(57)52(39(32)56)35-13-14-36(53)47-38(35)55/h5-12,21-22,26,35,41-42H,13-20,24-25H2,1-4H3,(H,48,54)(H,47,53,55)/t26-,35-,41?,42?/m0/s1. The summed E-state index contributed by atoms with van der Waals surface area (Å²) in [7, 11) is 0. The Morgan fingerprint density at radius 3 is 2.22 bits per heavy atom. The number of nitrogens with zero attached hydrogens (tertiary/aromatic N) is 5. The fraction of sp³-hybridized carbons (Fsp3) is 0.455. The number of piperidine rings is 1. The number of halogens is 1. The Bertz CT molecular complexity index is 2210. The first-order valence-corrected chi connectivity index (χ1v) is 20.4. The van der Waals surface area contributed by atoms with Crippen molar-refractivity contribution in [1.82, 2.24) is 20.4 Å². The summed E-state index contributed by atoms with van der Waals surface area (Å²) in [6.45, 7) is 14.6. The summed E-state index contributed by atoms with van der Waals surface area (Å²) in [6.07, 6.45) is 1.11. The predicted octanol–water partition coefficient (Wildman–Crippen LogP) is 4.87. The van der Waals surface area contributed by atoms with E-state index in [-0.39, 0.29) is 47.3 Å². The van der Waals surface area contributed by atoms with Crippen molar-refractivity contribution in [1.29, 1.82) is 5.26 Å². The van der Waals surface area contributed by atoms with E-state index in [0.717, 1.165) is 68.5 Å². The highest BCUT2D eigenvalue weighted by atomic mass is 35.5. The Labute approximate surface area is 343 Å². The first-order valence-electron chi connectivity index (χ1n) is 20.0. The molecule has 2 atom stereocenters. The molecule has 0 spiro atoms. The molecule has 1 saturated carbocycles. The lowest BCUT2D eigenvalue weighted by molar-refractivity contribution is -0.164. The average Bonchev–Trinajstić information content (AvgIpc) is 3.77. The second-order valence-electron chi connectivity index (χ2n) is 17.4. The number of ether oxygens (including phenoxy) is 1. The summed E-state index contributed by atoms with van der Waals surface area (Å²) in [4.78, 5) is 72.2. The van der Waals surface area contributed by atoms with Crippen LogP contribution in [0.3, 0.4) is 0 Å². The van der Waals surface area contributed by atoms with Crippen LogP contribution in [-0.2, 0) is 9.59 Å². The molecule has 0 bridgehead atoms. The van der Waals surface area contributed by atoms with Crippen LogP contribution in [0.25, 0.3) is 0 Å². The van der Waals surface area contributed by atoms with Crippen molar-refractivity contribution in [2.45, 2.75) is 65.1 Å². The zero-order valence-electron chi connectivity index (χ0n) is 33.2. The fourth-order valence-corrected chi connectivity index (χ4v) is 10.3. The van der Waals surface area contributed by atoms with E-state index in [9.17, 15) is 29.2 Å². The van der Waals surface area contributed by atoms with Gasteiger partial charge in [-0.15, -0.1) is 0 Å². The number of piperazine rings is 1. The van der Waals surface area contributed by atoms with E-state index in [1.54, 1.807) is 30.3 Å². The summed E-state index contributed by atoms with van der Waals surface area (Å²) in [6, 6.07) is 19.2. The second-order valence-corrected chi connectivity index (χ2v) is 17.8. The van der Waals surface area contributed by atoms with Crippen LogP contribution in [0.1, 0.15) is 83.6 Å². The van der Waals surface area contributed by atoms with E-state index in [2.05, 4.69) is 59.1 Å². The van der Waals surface area contributed by atoms with Crippen LogP contribution in [0.5, 0.6) is 5.75 Å². The monoisotopic (exact) mass is 805 g/mol. The zero-order chi connectivity index (χ0) is 41.1. The van der Waals surface area contributed by atoms with Gasteiger partial charge in [0.05, 0.1) is 21.7 Å². The summed E-state index contributed by atoms with van der Waals surface area (Å²) < 4.78 is 6.38. The van der Waals surface area contributed by atoms with Gasteiger partial charge in [0.1, 0.15) is 24.0 Å². The van der Waals surface area contributed by atoms with E-state index in [1.165, 1.54) is 0 Å². The van der Waals surface area contributed by atoms with Gasteiger partial charge in [0.2, 0.25) is 11.8 Å². The van der Waals surface area contributed by atoms with Crippen molar-refractivity contribution in [2.24, 2.45) is 16.7 Å². The average molecular weight is 806 g/mol. The molecule has 0 unspecified atom stereocenters. The molecule has 4 fully saturated rings. The molecule has 4 aliphatic heterocycles. The van der Waals surface area contributed by atoms with Crippen molar-refractivity contribution >= 4 is 52.5 Å². The molecule has 0 radical (unpaired) electrons. The second kappa shape index (κ2) is 15.1. The molecule has 8 rings (SSSR count). The van der Waals surface area contributed by atoms with Gasteiger partial charge < -0.3 is 19.9 Å². The van der Waals surface area contributed by atoms with Crippen LogP contribution in [0.4, 0.5) is 11.4 Å². The lowest BCUT2D eigenvalue weighted by Crippen LogP contribution is -2.74. The molecule has 58 heavy (non-hydrogen) atoms. The maximum atomic E-state index is 13.5. The molecule has 3 aromatic carbocycles. The Kier molecular flexibility index (Phi) is 10.2. The molecule has 3 aromatic rings. The molecule has 5 amide bonds. The number of rotatable bonds is 9. The number of carbonyl (C=O) groups excluding carboxylic acids is 5. The lowest BCUT2D eigenvalue weighted by Gasteiger charge is -2.63. The van der Waals surface area contributed by atoms with Crippen LogP contribution in [0.15, 0.2) is 60.7 Å². The third-order valence-corrected chi connectivity index (χ3v) is 13.2. The topological polar surface area (TPSA) is 155 Å². The number of anilines is 2. The molecule has 302 valence electrons. The maximum absolute atomic E-state index is 13.5. The Morgan fingerprint density at radius 2 is 1.55 bits per heavy atom. The molecule has 3 saturated heterocycles. The number of hydrogen-bond donors (Lipinski definition) is 2. The van der Waals surface area contributed by atoms with Gasteiger partial charge in [0, 0.05) is 92.1 Å². The predicted molar refractivity (Wildman–Crippen MR) is 218 cm³/mol. The van der Waals surface area contributed by atoms with Crippen molar-refractivity contribution in [3.05, 3.63) is 87.9 Å². The fourth-order valence-electron chi connectivity index (χ4n) is 10.1. The molecular formula is C44H48ClN7O6. The third kappa shape index (κ3) is 7.06. The van der Waals surface area contributed by atoms with Crippen molar-refractivity contribution in [2.75, 3.05) is 55.6 Å². The van der Waals surface area contributed by atoms with Gasteiger partial charge in [-0.25, -0.2) is 0 Å². The highest BCUT2D eigenvalue weighted by Gasteiger charge is 2.64. The number of imide groups is 2. The summed E-state index contributed by atoms with van der Waals surface area (Å²) in [5.74, 6) is -1.01. The molecule has 13 nitrogen and oxygen atoms in total. The SMILES string of the molecule is CC1(C)C(NC(=O)c2ccc(N3CC[C@@H](CN4CCN(c5ccc6c(c5)C(=O)N([C@H]5CCC(=O)NC5=O)C6=O)CC4)C3)cc2)C(C)(C)C1Oc1ccc(C#N)c(Cl)c1. The number of carbonyl (C=O) groups is 5. The molecule has 0 aromatic heterocycles. The Morgan fingerprint density at radius 1 is 0.862 bits per heavy atom. The van der Waals surface area contributed by atoms with Gasteiger partial charge in [-0.1, -0.05) is 39.3 Å². The van der Waals surface area contributed by atoms with Gasteiger partial charge in [-0.2, -0.15) is 5.26 Å². The highest BCUT2D eigenvalue weighted by Crippen LogP contribution is 2.55. The number of nitrogens with one attached hydrogen (secondary N) is 2. The third-order valence-electron chi connectivity index (χ3n) is 12.9. The normalized spacial score (nSPS) is 25.2. The van der Waals surface area contributed by atoms with Gasteiger partial charge in [-0.3, -0.25) is 39.1 Å². The minimum Gasteiger partial charge on any atom is -0.489 e. The van der Waals surface area contributed by atoms with Crippen LogP contribution < -0.4 is 25.2 Å².